The Hall–Kier alpha value is -0.870. The summed E-state index contributed by atoms with van der Waals surface area (Å²) in [5.74, 6) is 2.54. The molecule has 102 valence electrons. The highest BCUT2D eigenvalue weighted by Crippen LogP contribution is 2.19. The number of halogens is 1. The monoisotopic (exact) mass is 343 g/mol. The van der Waals surface area contributed by atoms with Gasteiger partial charge in [0.25, 0.3) is 0 Å². The number of sulfonamides is 1. The molecule has 4 nitrogen and oxygen atoms in total. The van der Waals surface area contributed by atoms with Crippen LogP contribution in [0.25, 0.3) is 0 Å². The summed E-state index contributed by atoms with van der Waals surface area (Å²) in [6.45, 7) is 1.13. The Balaban J connectivity index is 2.16. The van der Waals surface area contributed by atoms with E-state index in [9.17, 15) is 8.42 Å². The van der Waals surface area contributed by atoms with Crippen molar-refractivity contribution in [2.45, 2.75) is 17.4 Å². The van der Waals surface area contributed by atoms with E-state index in [0.717, 1.165) is 10.9 Å². The second-order valence-electron chi connectivity index (χ2n) is 4.34. The van der Waals surface area contributed by atoms with Gasteiger partial charge in [-0.1, -0.05) is 21.9 Å². The number of hydrogen-bond acceptors (Lipinski definition) is 3. The Morgan fingerprint density at radius 3 is 2.63 bits per heavy atom. The number of terminal acetylenes is 1. The molecule has 1 N–H and O–H groups in total. The topological polar surface area (TPSA) is 55.4 Å². The van der Waals surface area contributed by atoms with E-state index in [4.69, 9.17) is 11.2 Å². The summed E-state index contributed by atoms with van der Waals surface area (Å²) in [4.78, 5) is 0.204. The molecule has 1 aliphatic rings. The van der Waals surface area contributed by atoms with Gasteiger partial charge >= 0.3 is 0 Å². The molecule has 0 bridgehead atoms. The van der Waals surface area contributed by atoms with Gasteiger partial charge in [-0.2, -0.15) is 4.72 Å². The first-order chi connectivity index (χ1) is 9.03. The van der Waals surface area contributed by atoms with Crippen LogP contribution in [0.3, 0.4) is 0 Å². The zero-order valence-corrected chi connectivity index (χ0v) is 12.6. The van der Waals surface area contributed by atoms with Crippen molar-refractivity contribution in [3.63, 3.8) is 0 Å². The van der Waals surface area contributed by atoms with E-state index in [1.54, 1.807) is 12.1 Å². The molecule has 0 spiro atoms. The third-order valence-electron chi connectivity index (χ3n) is 3.02. The third-order valence-corrected chi connectivity index (χ3v) is 5.01. The maximum Gasteiger partial charge on any atom is 0.241 e. The molecular formula is C13H14BrNO3S. The Bertz CT molecular complexity index is 571. The van der Waals surface area contributed by atoms with Crippen molar-refractivity contribution in [1.29, 1.82) is 0 Å². The number of ether oxygens (including phenoxy) is 1. The molecular weight excluding hydrogens is 330 g/mol. The van der Waals surface area contributed by atoms with Crippen LogP contribution in [0, 0.1) is 18.3 Å². The molecule has 0 amide bonds. The normalized spacial score (nSPS) is 20.9. The van der Waals surface area contributed by atoms with Crippen LogP contribution in [-0.2, 0) is 14.8 Å². The summed E-state index contributed by atoms with van der Waals surface area (Å²) in [7, 11) is -3.59. The Morgan fingerprint density at radius 1 is 1.42 bits per heavy atom. The summed E-state index contributed by atoms with van der Waals surface area (Å²) < 4.78 is 33.0. The SMILES string of the molecule is C#C[C@@H](NS(=O)(=O)c1ccc(Br)cc1)[C@H]1CCOC1. The van der Waals surface area contributed by atoms with Crippen LogP contribution in [0.15, 0.2) is 33.6 Å². The molecule has 1 aliphatic heterocycles. The Morgan fingerprint density at radius 2 is 2.11 bits per heavy atom. The minimum Gasteiger partial charge on any atom is -0.381 e. The molecule has 0 aliphatic carbocycles. The van der Waals surface area contributed by atoms with E-state index in [1.165, 1.54) is 12.1 Å². The van der Waals surface area contributed by atoms with Crippen molar-refractivity contribution in [3.8, 4) is 12.3 Å². The lowest BCUT2D eigenvalue weighted by Gasteiger charge is -2.18. The highest BCUT2D eigenvalue weighted by Gasteiger charge is 2.28. The molecule has 0 radical (unpaired) electrons. The van der Waals surface area contributed by atoms with Crippen LogP contribution in [0.5, 0.6) is 0 Å². The number of rotatable bonds is 4. The first-order valence-corrected chi connectivity index (χ1v) is 8.12. The summed E-state index contributed by atoms with van der Waals surface area (Å²) in [6, 6.07) is 5.89. The molecule has 1 heterocycles. The van der Waals surface area contributed by atoms with Crippen LogP contribution < -0.4 is 4.72 Å². The lowest BCUT2D eigenvalue weighted by atomic mass is 10.0. The molecule has 19 heavy (non-hydrogen) atoms. The molecule has 1 aromatic rings. The molecule has 2 rings (SSSR count). The van der Waals surface area contributed by atoms with Gasteiger partial charge in [-0.3, -0.25) is 0 Å². The van der Waals surface area contributed by atoms with Crippen molar-refractivity contribution in [2.75, 3.05) is 13.2 Å². The average Bonchev–Trinajstić information content (AvgIpc) is 2.90. The van der Waals surface area contributed by atoms with E-state index in [1.807, 2.05) is 0 Å². The van der Waals surface area contributed by atoms with Gasteiger partial charge in [-0.05, 0) is 30.7 Å². The number of nitrogens with one attached hydrogen (secondary N) is 1. The van der Waals surface area contributed by atoms with Crippen molar-refractivity contribution in [1.82, 2.24) is 4.72 Å². The van der Waals surface area contributed by atoms with Crippen LogP contribution in [0.4, 0.5) is 0 Å². The van der Waals surface area contributed by atoms with Gasteiger partial charge in [-0.25, -0.2) is 8.42 Å². The van der Waals surface area contributed by atoms with Crippen LogP contribution >= 0.6 is 15.9 Å². The van der Waals surface area contributed by atoms with Gasteiger partial charge in [0.05, 0.1) is 17.5 Å². The van der Waals surface area contributed by atoms with Gasteiger partial charge in [0.1, 0.15) is 0 Å². The highest BCUT2D eigenvalue weighted by molar-refractivity contribution is 9.10. The Kier molecular flexibility index (Phi) is 4.63. The zero-order chi connectivity index (χ0) is 13.9. The zero-order valence-electron chi connectivity index (χ0n) is 10.2. The second kappa shape index (κ2) is 6.06. The van der Waals surface area contributed by atoms with Gasteiger partial charge in [0.15, 0.2) is 0 Å². The van der Waals surface area contributed by atoms with Crippen LogP contribution in [-0.4, -0.2) is 27.7 Å². The molecule has 1 saturated heterocycles. The summed E-state index contributed by atoms with van der Waals surface area (Å²) in [6.07, 6.45) is 6.20. The summed E-state index contributed by atoms with van der Waals surface area (Å²) in [5.41, 5.74) is 0. The maximum atomic E-state index is 12.2. The van der Waals surface area contributed by atoms with Crippen molar-refractivity contribution < 1.29 is 13.2 Å². The van der Waals surface area contributed by atoms with Gasteiger partial charge in [0, 0.05) is 17.0 Å². The minimum absolute atomic E-state index is 0.0372. The van der Waals surface area contributed by atoms with Gasteiger partial charge in [-0.15, -0.1) is 6.42 Å². The second-order valence-corrected chi connectivity index (χ2v) is 6.97. The van der Waals surface area contributed by atoms with Crippen molar-refractivity contribution in [2.24, 2.45) is 5.92 Å². The van der Waals surface area contributed by atoms with E-state index >= 15 is 0 Å². The largest absolute Gasteiger partial charge is 0.381 e. The highest BCUT2D eigenvalue weighted by atomic mass is 79.9. The number of benzene rings is 1. The lowest BCUT2D eigenvalue weighted by molar-refractivity contribution is 0.183. The van der Waals surface area contributed by atoms with Gasteiger partial charge < -0.3 is 4.74 Å². The predicted molar refractivity (Wildman–Crippen MR) is 76.0 cm³/mol. The van der Waals surface area contributed by atoms with E-state index in [2.05, 4.69) is 26.6 Å². The van der Waals surface area contributed by atoms with Crippen LogP contribution in [0.1, 0.15) is 6.42 Å². The molecule has 0 unspecified atom stereocenters. The first kappa shape index (κ1) is 14.5. The predicted octanol–water partition coefficient (Wildman–Crippen LogP) is 1.77. The molecule has 0 aromatic heterocycles. The quantitative estimate of drug-likeness (QED) is 0.847. The number of hydrogen-bond donors (Lipinski definition) is 1. The van der Waals surface area contributed by atoms with E-state index in [-0.39, 0.29) is 10.8 Å². The fourth-order valence-corrected chi connectivity index (χ4v) is 3.42. The first-order valence-electron chi connectivity index (χ1n) is 5.85. The Labute approximate surface area is 121 Å². The van der Waals surface area contributed by atoms with Crippen molar-refractivity contribution in [3.05, 3.63) is 28.7 Å². The van der Waals surface area contributed by atoms with Crippen LogP contribution in [0.2, 0.25) is 0 Å². The third kappa shape index (κ3) is 3.57. The molecule has 1 aromatic carbocycles. The van der Waals surface area contributed by atoms with E-state index in [0.29, 0.717) is 13.2 Å². The van der Waals surface area contributed by atoms with Crippen molar-refractivity contribution >= 4 is 26.0 Å². The average molecular weight is 344 g/mol. The molecule has 2 atom stereocenters. The molecule has 0 saturated carbocycles. The molecule has 1 fully saturated rings. The smallest absolute Gasteiger partial charge is 0.241 e. The summed E-state index contributed by atoms with van der Waals surface area (Å²) in [5, 5.41) is 0. The minimum atomic E-state index is -3.59. The fraction of sp³-hybridized carbons (Fsp3) is 0.385. The lowest BCUT2D eigenvalue weighted by Crippen LogP contribution is -2.39. The fourth-order valence-electron chi connectivity index (χ4n) is 1.93. The van der Waals surface area contributed by atoms with E-state index < -0.39 is 16.1 Å². The standard InChI is InChI=1S/C13H14BrNO3S/c1-2-13(10-7-8-18-9-10)15-19(16,17)12-5-3-11(14)4-6-12/h1,3-6,10,13,15H,7-9H2/t10-,13+/m0/s1. The van der Waals surface area contributed by atoms with Gasteiger partial charge in [0.2, 0.25) is 10.0 Å². The molecule has 6 heteroatoms. The maximum absolute atomic E-state index is 12.2. The summed E-state index contributed by atoms with van der Waals surface area (Å²) >= 11 is 3.27.